The number of hydrogen-bond donors (Lipinski definition) is 0. The van der Waals surface area contributed by atoms with Crippen LogP contribution in [-0.2, 0) is 0 Å². The smallest absolute Gasteiger partial charge is 0.0443 e. The maximum atomic E-state index is 2.43. The maximum Gasteiger partial charge on any atom is 0.0443 e. The second-order valence-corrected chi connectivity index (χ2v) is 9.63. The van der Waals surface area contributed by atoms with E-state index in [9.17, 15) is 0 Å². The fraction of sp³-hybridized carbons (Fsp3) is 0.333. The highest BCUT2D eigenvalue weighted by Crippen LogP contribution is 2.34. The minimum absolute atomic E-state index is 0.493. The molecule has 0 N–H and O–H groups in total. The molecular weight excluding hydrogens is 388 g/mol. The van der Waals surface area contributed by atoms with Crippen molar-refractivity contribution in [2.75, 3.05) is 37.5 Å². The first-order valence-corrected chi connectivity index (χ1v) is 11.8. The summed E-state index contributed by atoms with van der Waals surface area (Å²) in [5, 5.41) is 5.44. The molecular formula is C30H36N2. The van der Waals surface area contributed by atoms with E-state index in [1.165, 1.54) is 44.0 Å². The van der Waals surface area contributed by atoms with E-state index in [2.05, 4.69) is 125 Å². The van der Waals surface area contributed by atoms with Gasteiger partial charge in [0.25, 0.3) is 0 Å². The number of fused-ring (bicyclic) bond motifs is 2. The number of hydrogen-bond acceptors (Lipinski definition) is 2. The third-order valence-electron chi connectivity index (χ3n) is 6.81. The van der Waals surface area contributed by atoms with Crippen molar-refractivity contribution < 1.29 is 0 Å². The van der Waals surface area contributed by atoms with Crippen LogP contribution in [0.1, 0.15) is 50.2 Å². The van der Waals surface area contributed by atoms with Crippen LogP contribution in [0.3, 0.4) is 0 Å². The molecule has 4 aromatic carbocycles. The van der Waals surface area contributed by atoms with Crippen molar-refractivity contribution in [3.8, 4) is 0 Å². The number of anilines is 2. The number of benzene rings is 4. The summed E-state index contributed by atoms with van der Waals surface area (Å²) in [6, 6.07) is 27.0. The monoisotopic (exact) mass is 424 g/mol. The Morgan fingerprint density at radius 1 is 0.688 bits per heavy atom. The Kier molecular flexibility index (Phi) is 6.41. The predicted octanol–water partition coefficient (Wildman–Crippen LogP) is 7.81. The lowest BCUT2D eigenvalue weighted by atomic mass is 9.91. The molecule has 0 heterocycles. The first-order valence-electron chi connectivity index (χ1n) is 11.8. The molecule has 0 aliphatic heterocycles. The predicted molar refractivity (Wildman–Crippen MR) is 143 cm³/mol. The van der Waals surface area contributed by atoms with E-state index in [1.807, 2.05) is 0 Å². The molecule has 4 aromatic rings. The zero-order chi connectivity index (χ0) is 22.8. The van der Waals surface area contributed by atoms with Gasteiger partial charge in [-0.15, -0.1) is 0 Å². The van der Waals surface area contributed by atoms with Gasteiger partial charge >= 0.3 is 0 Å². The summed E-state index contributed by atoms with van der Waals surface area (Å²) in [4.78, 5) is 4.59. The lowest BCUT2D eigenvalue weighted by molar-refractivity contribution is 0.675. The lowest BCUT2D eigenvalue weighted by Gasteiger charge is -2.25. The van der Waals surface area contributed by atoms with Crippen molar-refractivity contribution in [3.05, 3.63) is 83.9 Å². The third-order valence-corrected chi connectivity index (χ3v) is 6.81. The summed E-state index contributed by atoms with van der Waals surface area (Å²) in [7, 11) is 6.43. The molecule has 0 spiro atoms. The summed E-state index contributed by atoms with van der Waals surface area (Å²) in [6.07, 6.45) is 1.12. The average molecular weight is 425 g/mol. The molecule has 0 saturated carbocycles. The Labute approximate surface area is 193 Å². The maximum absolute atomic E-state index is 2.43. The van der Waals surface area contributed by atoms with E-state index in [1.54, 1.807) is 0 Å². The van der Waals surface area contributed by atoms with Gasteiger partial charge in [-0.3, -0.25) is 0 Å². The quantitative estimate of drug-likeness (QED) is 0.298. The van der Waals surface area contributed by atoms with Gasteiger partial charge < -0.3 is 9.80 Å². The first-order chi connectivity index (χ1) is 15.4. The van der Waals surface area contributed by atoms with Crippen LogP contribution in [0.25, 0.3) is 21.5 Å². The minimum Gasteiger partial charge on any atom is -0.378 e. The van der Waals surface area contributed by atoms with Gasteiger partial charge in [0, 0.05) is 44.4 Å². The van der Waals surface area contributed by atoms with Gasteiger partial charge in [-0.1, -0.05) is 75.4 Å². The Morgan fingerprint density at radius 3 is 2.16 bits per heavy atom. The summed E-state index contributed by atoms with van der Waals surface area (Å²) in [5.41, 5.74) is 5.45. The fourth-order valence-electron chi connectivity index (χ4n) is 4.81. The summed E-state index contributed by atoms with van der Waals surface area (Å²) < 4.78 is 0. The number of nitrogens with zero attached hydrogens (tertiary/aromatic N) is 2. The van der Waals surface area contributed by atoms with E-state index in [0.717, 1.165) is 13.0 Å². The molecule has 2 nitrogen and oxygen atoms in total. The molecule has 2 heteroatoms. The second kappa shape index (κ2) is 9.24. The van der Waals surface area contributed by atoms with Gasteiger partial charge in [0.2, 0.25) is 0 Å². The van der Waals surface area contributed by atoms with Crippen molar-refractivity contribution in [1.82, 2.24) is 0 Å². The highest BCUT2D eigenvalue weighted by molar-refractivity contribution is 5.96. The van der Waals surface area contributed by atoms with Crippen LogP contribution in [0, 0.1) is 0 Å². The molecule has 0 saturated heterocycles. The number of rotatable bonds is 7. The summed E-state index contributed by atoms with van der Waals surface area (Å²) in [6.45, 7) is 7.94. The molecule has 0 aromatic heterocycles. The molecule has 0 aliphatic rings. The van der Waals surface area contributed by atoms with Crippen molar-refractivity contribution >= 4 is 32.9 Å². The van der Waals surface area contributed by atoms with E-state index in [0.29, 0.717) is 11.8 Å². The molecule has 1 unspecified atom stereocenters. The second-order valence-electron chi connectivity index (χ2n) is 9.63. The molecule has 0 fully saturated rings. The van der Waals surface area contributed by atoms with Crippen LogP contribution in [0.5, 0.6) is 0 Å². The van der Waals surface area contributed by atoms with Crippen LogP contribution < -0.4 is 9.80 Å². The first kappa shape index (κ1) is 22.2. The topological polar surface area (TPSA) is 6.48 Å². The van der Waals surface area contributed by atoms with Gasteiger partial charge in [0.05, 0.1) is 0 Å². The van der Waals surface area contributed by atoms with E-state index >= 15 is 0 Å². The Hall–Kier alpha value is -3.00. The van der Waals surface area contributed by atoms with E-state index in [4.69, 9.17) is 0 Å². The Morgan fingerprint density at radius 2 is 1.44 bits per heavy atom. The van der Waals surface area contributed by atoms with Crippen molar-refractivity contribution in [2.45, 2.75) is 39.0 Å². The van der Waals surface area contributed by atoms with Crippen LogP contribution in [-0.4, -0.2) is 27.7 Å². The molecule has 0 bridgehead atoms. The van der Waals surface area contributed by atoms with Gasteiger partial charge in [-0.05, 0) is 63.7 Å². The molecule has 1 atom stereocenters. The van der Waals surface area contributed by atoms with Crippen molar-refractivity contribution in [3.63, 3.8) is 0 Å². The molecule has 0 radical (unpaired) electrons. The van der Waals surface area contributed by atoms with E-state index in [-0.39, 0.29) is 0 Å². The Bertz CT molecular complexity index is 1220. The average Bonchev–Trinajstić information content (AvgIpc) is 2.80. The van der Waals surface area contributed by atoms with Crippen LogP contribution in [0.2, 0.25) is 0 Å². The van der Waals surface area contributed by atoms with Crippen LogP contribution in [0.4, 0.5) is 11.4 Å². The standard InChI is InChI=1S/C30H36N2/c1-21(2)25-16-17-30(29-12-8-7-11-28(25)29)32(6)19-18-22(3)26-13-9-10-23-20-24(31(4)5)14-15-27(23)26/h7-17,20-22H,18-19H2,1-6H3. The lowest BCUT2D eigenvalue weighted by Crippen LogP contribution is -2.20. The highest BCUT2D eigenvalue weighted by atomic mass is 15.1. The van der Waals surface area contributed by atoms with Gasteiger partial charge in [0.1, 0.15) is 0 Å². The van der Waals surface area contributed by atoms with Gasteiger partial charge in [-0.2, -0.15) is 0 Å². The Balaban J connectivity index is 1.56. The largest absolute Gasteiger partial charge is 0.378 e. The zero-order valence-electron chi connectivity index (χ0n) is 20.4. The fourth-order valence-corrected chi connectivity index (χ4v) is 4.81. The summed E-state index contributed by atoms with van der Waals surface area (Å²) >= 11 is 0. The van der Waals surface area contributed by atoms with Crippen LogP contribution >= 0.6 is 0 Å². The molecule has 166 valence electrons. The van der Waals surface area contributed by atoms with Crippen LogP contribution in [0.15, 0.2) is 72.8 Å². The normalized spacial score (nSPS) is 12.5. The van der Waals surface area contributed by atoms with Crippen molar-refractivity contribution in [2.24, 2.45) is 0 Å². The van der Waals surface area contributed by atoms with Crippen molar-refractivity contribution in [1.29, 1.82) is 0 Å². The third kappa shape index (κ3) is 4.32. The van der Waals surface area contributed by atoms with Gasteiger partial charge in [-0.25, -0.2) is 0 Å². The van der Waals surface area contributed by atoms with E-state index < -0.39 is 0 Å². The molecule has 0 amide bonds. The zero-order valence-corrected chi connectivity index (χ0v) is 20.4. The molecule has 32 heavy (non-hydrogen) atoms. The molecule has 4 rings (SSSR count). The highest BCUT2D eigenvalue weighted by Gasteiger charge is 2.14. The molecule has 0 aliphatic carbocycles. The SMILES string of the molecule is CC(C)c1ccc(N(C)CCC(C)c2cccc3cc(N(C)C)ccc23)c2ccccc12. The summed E-state index contributed by atoms with van der Waals surface area (Å²) in [5.74, 6) is 1.02. The van der Waals surface area contributed by atoms with Gasteiger partial charge in [0.15, 0.2) is 0 Å². The minimum atomic E-state index is 0.493.